The highest BCUT2D eigenvalue weighted by atomic mass is 32.2. The number of amides is 2. The van der Waals surface area contributed by atoms with Gasteiger partial charge in [0.15, 0.2) is 0 Å². The summed E-state index contributed by atoms with van der Waals surface area (Å²) < 4.78 is 5.31. The smallest absolute Gasteiger partial charge is 0.238 e. The Morgan fingerprint density at radius 1 is 1.17 bits per heavy atom. The summed E-state index contributed by atoms with van der Waals surface area (Å²) in [5.41, 5.74) is 2.67. The van der Waals surface area contributed by atoms with Crippen molar-refractivity contribution in [2.45, 2.75) is 43.9 Å². The standard InChI is InChI=1S/C24H28N2O3S/c1-29-21-8-4-7-20(15-21)26-23(28)16-30-24(26)18-10-12-19(13-11-18)25-22(27)14-9-17-5-2-3-6-17/h4,7-8,10-13,15,17,24H,2-3,5-6,9,14,16H2,1H3,(H,25,27)/t24-/m0/s1. The Morgan fingerprint density at radius 3 is 2.67 bits per heavy atom. The van der Waals surface area contributed by atoms with Gasteiger partial charge in [0.2, 0.25) is 11.8 Å². The van der Waals surface area contributed by atoms with Crippen molar-refractivity contribution in [3.05, 3.63) is 54.1 Å². The number of carbonyl (C=O) groups is 2. The van der Waals surface area contributed by atoms with Crippen LogP contribution in [-0.4, -0.2) is 24.7 Å². The number of anilines is 2. The predicted molar refractivity (Wildman–Crippen MR) is 122 cm³/mol. The summed E-state index contributed by atoms with van der Waals surface area (Å²) in [4.78, 5) is 26.7. The van der Waals surface area contributed by atoms with Gasteiger partial charge in [-0.3, -0.25) is 14.5 Å². The van der Waals surface area contributed by atoms with Gasteiger partial charge in [0.1, 0.15) is 11.1 Å². The summed E-state index contributed by atoms with van der Waals surface area (Å²) in [5.74, 6) is 2.06. The quantitative estimate of drug-likeness (QED) is 0.648. The number of carbonyl (C=O) groups excluding carboxylic acids is 2. The first-order valence-corrected chi connectivity index (χ1v) is 11.7. The molecule has 2 aromatic rings. The number of rotatable bonds is 7. The largest absolute Gasteiger partial charge is 0.497 e. The van der Waals surface area contributed by atoms with Crippen LogP contribution in [0.15, 0.2) is 48.5 Å². The van der Waals surface area contributed by atoms with Gasteiger partial charge in [0.25, 0.3) is 0 Å². The Morgan fingerprint density at radius 2 is 1.93 bits per heavy atom. The van der Waals surface area contributed by atoms with Crippen molar-refractivity contribution < 1.29 is 14.3 Å². The van der Waals surface area contributed by atoms with Crippen molar-refractivity contribution >= 4 is 35.0 Å². The van der Waals surface area contributed by atoms with Crippen molar-refractivity contribution in [2.24, 2.45) is 5.92 Å². The molecule has 1 aliphatic heterocycles. The highest BCUT2D eigenvalue weighted by Crippen LogP contribution is 2.42. The van der Waals surface area contributed by atoms with E-state index in [2.05, 4.69) is 5.32 Å². The monoisotopic (exact) mass is 424 g/mol. The number of hydrogen-bond donors (Lipinski definition) is 1. The van der Waals surface area contributed by atoms with E-state index in [1.165, 1.54) is 25.7 Å². The third kappa shape index (κ3) is 4.81. The van der Waals surface area contributed by atoms with E-state index in [1.807, 2.05) is 53.4 Å². The van der Waals surface area contributed by atoms with Crippen molar-refractivity contribution in [2.75, 3.05) is 23.1 Å². The van der Waals surface area contributed by atoms with Crippen LogP contribution in [0.2, 0.25) is 0 Å². The molecule has 0 spiro atoms. The van der Waals surface area contributed by atoms with Crippen LogP contribution in [0.5, 0.6) is 5.75 Å². The second kappa shape index (κ2) is 9.56. The molecule has 0 radical (unpaired) electrons. The van der Waals surface area contributed by atoms with Gasteiger partial charge in [-0.15, -0.1) is 11.8 Å². The zero-order valence-electron chi connectivity index (χ0n) is 17.3. The summed E-state index contributed by atoms with van der Waals surface area (Å²) in [6.45, 7) is 0. The molecular formula is C24H28N2O3S. The molecule has 1 aliphatic carbocycles. The van der Waals surface area contributed by atoms with E-state index >= 15 is 0 Å². The van der Waals surface area contributed by atoms with Gasteiger partial charge < -0.3 is 10.1 Å². The van der Waals surface area contributed by atoms with Gasteiger partial charge in [-0.2, -0.15) is 0 Å². The predicted octanol–water partition coefficient (Wildman–Crippen LogP) is 5.38. The molecule has 1 heterocycles. The molecule has 5 nitrogen and oxygen atoms in total. The lowest BCUT2D eigenvalue weighted by Gasteiger charge is -2.25. The molecule has 2 fully saturated rings. The van der Waals surface area contributed by atoms with E-state index in [4.69, 9.17) is 4.74 Å². The lowest BCUT2D eigenvalue weighted by Crippen LogP contribution is -2.27. The summed E-state index contributed by atoms with van der Waals surface area (Å²) in [5, 5.41) is 2.92. The molecule has 1 saturated heterocycles. The first-order valence-electron chi connectivity index (χ1n) is 10.6. The van der Waals surface area contributed by atoms with Crippen LogP contribution in [0.3, 0.4) is 0 Å². The van der Waals surface area contributed by atoms with Crippen molar-refractivity contribution in [3.8, 4) is 5.75 Å². The molecular weight excluding hydrogens is 396 g/mol. The molecule has 30 heavy (non-hydrogen) atoms. The average Bonchev–Trinajstić information content (AvgIpc) is 3.42. The fourth-order valence-electron chi connectivity index (χ4n) is 4.30. The fraction of sp³-hybridized carbons (Fsp3) is 0.417. The Balaban J connectivity index is 1.40. The Bertz CT molecular complexity index is 894. The molecule has 4 rings (SSSR count). The molecule has 0 unspecified atom stereocenters. The normalized spacial score (nSPS) is 19.3. The molecule has 2 aromatic carbocycles. The van der Waals surface area contributed by atoms with Crippen molar-refractivity contribution in [3.63, 3.8) is 0 Å². The highest BCUT2D eigenvalue weighted by Gasteiger charge is 2.34. The number of methoxy groups -OCH3 is 1. The van der Waals surface area contributed by atoms with Gasteiger partial charge in [0.05, 0.1) is 12.9 Å². The second-order valence-electron chi connectivity index (χ2n) is 7.99. The second-order valence-corrected chi connectivity index (χ2v) is 9.06. The zero-order valence-corrected chi connectivity index (χ0v) is 18.1. The highest BCUT2D eigenvalue weighted by molar-refractivity contribution is 8.00. The summed E-state index contributed by atoms with van der Waals surface area (Å²) in [6, 6.07) is 15.4. The number of hydrogen-bond acceptors (Lipinski definition) is 4. The number of thioether (sulfide) groups is 1. The van der Waals surface area contributed by atoms with Crippen LogP contribution < -0.4 is 15.0 Å². The first kappa shape index (κ1) is 20.8. The van der Waals surface area contributed by atoms with Gasteiger partial charge in [-0.1, -0.05) is 43.9 Å². The number of benzene rings is 2. The molecule has 0 aromatic heterocycles. The fourth-order valence-corrected chi connectivity index (χ4v) is 5.48. The van der Waals surface area contributed by atoms with E-state index in [1.54, 1.807) is 18.9 Å². The van der Waals surface area contributed by atoms with Gasteiger partial charge >= 0.3 is 0 Å². The third-order valence-electron chi connectivity index (χ3n) is 5.93. The maximum absolute atomic E-state index is 12.6. The summed E-state index contributed by atoms with van der Waals surface area (Å²) >= 11 is 1.61. The Labute approximate surface area is 182 Å². The van der Waals surface area contributed by atoms with Gasteiger partial charge in [-0.05, 0) is 42.2 Å². The Hall–Kier alpha value is -2.47. The lowest BCUT2D eigenvalue weighted by atomic mass is 10.0. The maximum atomic E-state index is 12.6. The molecule has 1 atom stereocenters. The minimum absolute atomic E-state index is 0.0816. The van der Waals surface area contributed by atoms with E-state index in [0.29, 0.717) is 12.2 Å². The van der Waals surface area contributed by atoms with Crippen LogP contribution in [0, 0.1) is 5.92 Å². The zero-order chi connectivity index (χ0) is 20.9. The van der Waals surface area contributed by atoms with Crippen LogP contribution in [0.25, 0.3) is 0 Å². The molecule has 1 saturated carbocycles. The molecule has 2 amide bonds. The average molecular weight is 425 g/mol. The van der Waals surface area contributed by atoms with Crippen molar-refractivity contribution in [1.29, 1.82) is 0 Å². The minimum atomic E-state index is -0.0864. The first-order chi connectivity index (χ1) is 14.6. The minimum Gasteiger partial charge on any atom is -0.497 e. The van der Waals surface area contributed by atoms with Crippen molar-refractivity contribution in [1.82, 2.24) is 0 Å². The summed E-state index contributed by atoms with van der Waals surface area (Å²) in [6.07, 6.45) is 6.72. The van der Waals surface area contributed by atoms with E-state index < -0.39 is 0 Å². The van der Waals surface area contributed by atoms with E-state index in [-0.39, 0.29) is 17.2 Å². The van der Waals surface area contributed by atoms with E-state index in [9.17, 15) is 9.59 Å². The number of nitrogens with one attached hydrogen (secondary N) is 1. The van der Waals surface area contributed by atoms with Crippen LogP contribution in [0.4, 0.5) is 11.4 Å². The van der Waals surface area contributed by atoms with Crippen LogP contribution in [0.1, 0.15) is 49.5 Å². The van der Waals surface area contributed by atoms with Crippen LogP contribution >= 0.6 is 11.8 Å². The van der Waals surface area contributed by atoms with Gasteiger partial charge in [-0.25, -0.2) is 0 Å². The van der Waals surface area contributed by atoms with E-state index in [0.717, 1.165) is 35.0 Å². The molecule has 0 bridgehead atoms. The summed E-state index contributed by atoms with van der Waals surface area (Å²) in [7, 11) is 1.62. The number of nitrogens with zero attached hydrogens (tertiary/aromatic N) is 1. The maximum Gasteiger partial charge on any atom is 0.238 e. The topological polar surface area (TPSA) is 58.6 Å². The van der Waals surface area contributed by atoms with Gasteiger partial charge in [0, 0.05) is 23.9 Å². The molecule has 2 aliphatic rings. The number of ether oxygens (including phenoxy) is 1. The molecule has 158 valence electrons. The Kier molecular flexibility index (Phi) is 6.62. The van der Waals surface area contributed by atoms with Crippen LogP contribution in [-0.2, 0) is 9.59 Å². The molecule has 6 heteroatoms. The molecule has 1 N–H and O–H groups in total. The lowest BCUT2D eigenvalue weighted by molar-refractivity contribution is -0.117. The third-order valence-corrected chi connectivity index (χ3v) is 7.15. The SMILES string of the molecule is COc1cccc(N2C(=O)CS[C@H]2c2ccc(NC(=O)CCC3CCCC3)cc2)c1.